The molecule has 1 heteroatoms. The van der Waals surface area contributed by atoms with Crippen LogP contribution in [-0.2, 0) is 0 Å². The zero-order valence-electron chi connectivity index (χ0n) is 9.09. The topological polar surface area (TPSA) is 12.4 Å². The molecule has 0 bridgehead atoms. The standard InChI is InChI=1S/C12H21N/c1-4-10(2)8-12(9-13-3)11-6-5-7-11/h8-11H,4-7H2,1-3H3/b12-8+,13-9-. The van der Waals surface area contributed by atoms with Crippen LogP contribution in [0.4, 0.5) is 0 Å². The van der Waals surface area contributed by atoms with Gasteiger partial charge >= 0.3 is 0 Å². The quantitative estimate of drug-likeness (QED) is 0.586. The summed E-state index contributed by atoms with van der Waals surface area (Å²) in [5.74, 6) is 1.52. The summed E-state index contributed by atoms with van der Waals surface area (Å²) < 4.78 is 0. The van der Waals surface area contributed by atoms with Gasteiger partial charge in [0.25, 0.3) is 0 Å². The first kappa shape index (κ1) is 10.5. The van der Waals surface area contributed by atoms with E-state index in [1.807, 2.05) is 7.05 Å². The van der Waals surface area contributed by atoms with Crippen LogP contribution in [0, 0.1) is 11.8 Å². The molecule has 0 aliphatic heterocycles. The molecule has 1 aliphatic rings. The molecule has 74 valence electrons. The molecule has 0 amide bonds. The summed E-state index contributed by atoms with van der Waals surface area (Å²) in [5, 5.41) is 0. The predicted molar refractivity (Wildman–Crippen MR) is 59.3 cm³/mol. The van der Waals surface area contributed by atoms with Crippen molar-refractivity contribution in [1.29, 1.82) is 0 Å². The van der Waals surface area contributed by atoms with Gasteiger partial charge in [-0.15, -0.1) is 0 Å². The number of hydrogen-bond donors (Lipinski definition) is 0. The van der Waals surface area contributed by atoms with Gasteiger partial charge in [0.05, 0.1) is 0 Å². The monoisotopic (exact) mass is 179 g/mol. The summed E-state index contributed by atoms with van der Waals surface area (Å²) in [7, 11) is 1.86. The third-order valence-electron chi connectivity index (χ3n) is 2.98. The molecule has 1 atom stereocenters. The molecule has 0 radical (unpaired) electrons. The fraction of sp³-hybridized carbons (Fsp3) is 0.750. The lowest BCUT2D eigenvalue weighted by molar-refractivity contribution is 0.376. The van der Waals surface area contributed by atoms with Crippen molar-refractivity contribution in [2.75, 3.05) is 7.05 Å². The molecule has 0 saturated heterocycles. The molecule has 13 heavy (non-hydrogen) atoms. The Bertz CT molecular complexity index is 199. The Morgan fingerprint density at radius 2 is 2.23 bits per heavy atom. The lowest BCUT2D eigenvalue weighted by Crippen LogP contribution is -2.15. The molecule has 1 rings (SSSR count). The van der Waals surface area contributed by atoms with Crippen molar-refractivity contribution in [1.82, 2.24) is 0 Å². The fourth-order valence-corrected chi connectivity index (χ4v) is 1.62. The van der Waals surface area contributed by atoms with Crippen LogP contribution in [0.2, 0.25) is 0 Å². The van der Waals surface area contributed by atoms with E-state index in [9.17, 15) is 0 Å². The molecule has 0 heterocycles. The van der Waals surface area contributed by atoms with Crippen LogP contribution in [0.5, 0.6) is 0 Å². The van der Waals surface area contributed by atoms with Crippen molar-refractivity contribution in [2.24, 2.45) is 16.8 Å². The molecule has 0 N–H and O–H groups in total. The van der Waals surface area contributed by atoms with E-state index in [0.717, 1.165) is 5.92 Å². The predicted octanol–water partition coefficient (Wildman–Crippen LogP) is 3.46. The van der Waals surface area contributed by atoms with Gasteiger partial charge in [-0.2, -0.15) is 0 Å². The summed E-state index contributed by atoms with van der Waals surface area (Å²) in [6.45, 7) is 4.52. The Labute approximate surface area is 82.0 Å². The summed E-state index contributed by atoms with van der Waals surface area (Å²) in [6, 6.07) is 0. The van der Waals surface area contributed by atoms with Gasteiger partial charge in [0, 0.05) is 13.3 Å². The largest absolute Gasteiger partial charge is 0.296 e. The van der Waals surface area contributed by atoms with Crippen LogP contribution in [0.3, 0.4) is 0 Å². The minimum atomic E-state index is 0.702. The number of aliphatic imine (C=N–C) groups is 1. The van der Waals surface area contributed by atoms with Crippen molar-refractivity contribution in [3.8, 4) is 0 Å². The molecule has 0 aromatic carbocycles. The number of allylic oxidation sites excluding steroid dienone is 2. The second kappa shape index (κ2) is 5.21. The molecule has 0 aromatic heterocycles. The van der Waals surface area contributed by atoms with Gasteiger partial charge < -0.3 is 0 Å². The first-order valence-electron chi connectivity index (χ1n) is 5.41. The third-order valence-corrected chi connectivity index (χ3v) is 2.98. The van der Waals surface area contributed by atoms with Crippen molar-refractivity contribution in [3.05, 3.63) is 11.6 Å². The van der Waals surface area contributed by atoms with E-state index in [-0.39, 0.29) is 0 Å². The highest BCUT2D eigenvalue weighted by Crippen LogP contribution is 2.33. The van der Waals surface area contributed by atoms with E-state index in [1.54, 1.807) is 0 Å². The zero-order valence-corrected chi connectivity index (χ0v) is 9.09. The second-order valence-corrected chi connectivity index (χ2v) is 4.07. The van der Waals surface area contributed by atoms with Crippen molar-refractivity contribution >= 4 is 6.21 Å². The van der Waals surface area contributed by atoms with E-state index in [0.29, 0.717) is 5.92 Å². The average molecular weight is 179 g/mol. The molecule has 1 unspecified atom stereocenters. The highest BCUT2D eigenvalue weighted by Gasteiger charge is 2.20. The number of rotatable bonds is 4. The van der Waals surface area contributed by atoms with E-state index in [1.165, 1.54) is 31.3 Å². The van der Waals surface area contributed by atoms with Gasteiger partial charge in [-0.1, -0.05) is 32.8 Å². The van der Waals surface area contributed by atoms with Gasteiger partial charge in [-0.25, -0.2) is 0 Å². The van der Waals surface area contributed by atoms with Crippen molar-refractivity contribution in [3.63, 3.8) is 0 Å². The molecule has 1 saturated carbocycles. The Morgan fingerprint density at radius 1 is 1.54 bits per heavy atom. The Morgan fingerprint density at radius 3 is 2.62 bits per heavy atom. The maximum Gasteiger partial charge on any atom is 0.0277 e. The number of nitrogens with zero attached hydrogens (tertiary/aromatic N) is 1. The summed E-state index contributed by atoms with van der Waals surface area (Å²) in [4.78, 5) is 4.13. The van der Waals surface area contributed by atoms with Gasteiger partial charge in [0.2, 0.25) is 0 Å². The van der Waals surface area contributed by atoms with Crippen LogP contribution >= 0.6 is 0 Å². The van der Waals surface area contributed by atoms with Gasteiger partial charge in [-0.05, 0) is 30.3 Å². The molecule has 0 aromatic rings. The van der Waals surface area contributed by atoms with Crippen LogP contribution in [0.25, 0.3) is 0 Å². The highest BCUT2D eigenvalue weighted by molar-refractivity contribution is 5.79. The van der Waals surface area contributed by atoms with Gasteiger partial charge in [0.1, 0.15) is 0 Å². The maximum absolute atomic E-state index is 4.13. The summed E-state index contributed by atoms with van der Waals surface area (Å²) in [5.41, 5.74) is 1.48. The molecular formula is C12H21N. The zero-order chi connectivity index (χ0) is 9.68. The fourth-order valence-electron chi connectivity index (χ4n) is 1.62. The summed E-state index contributed by atoms with van der Waals surface area (Å²) >= 11 is 0. The van der Waals surface area contributed by atoms with Gasteiger partial charge in [0.15, 0.2) is 0 Å². The van der Waals surface area contributed by atoms with Crippen LogP contribution in [0.15, 0.2) is 16.6 Å². The smallest absolute Gasteiger partial charge is 0.0277 e. The van der Waals surface area contributed by atoms with Crippen molar-refractivity contribution in [2.45, 2.75) is 39.5 Å². The molecule has 0 spiro atoms. The molecule has 1 nitrogen and oxygen atoms in total. The Balaban J connectivity index is 2.59. The van der Waals surface area contributed by atoms with Crippen LogP contribution in [0.1, 0.15) is 39.5 Å². The first-order chi connectivity index (χ1) is 6.27. The summed E-state index contributed by atoms with van der Waals surface area (Å²) in [6.07, 6.45) is 9.82. The molecular weight excluding hydrogens is 158 g/mol. The Hall–Kier alpha value is -0.590. The Kier molecular flexibility index (Phi) is 4.20. The number of hydrogen-bond acceptors (Lipinski definition) is 1. The normalized spacial score (nSPS) is 21.9. The third kappa shape index (κ3) is 2.98. The second-order valence-electron chi connectivity index (χ2n) is 4.07. The average Bonchev–Trinajstić information content (AvgIpc) is 2.01. The maximum atomic E-state index is 4.13. The van der Waals surface area contributed by atoms with E-state index in [2.05, 4.69) is 31.1 Å². The molecule has 1 aliphatic carbocycles. The SMILES string of the molecule is CCC(C)/C=C(\C=N/C)C1CCC1. The van der Waals surface area contributed by atoms with E-state index >= 15 is 0 Å². The lowest BCUT2D eigenvalue weighted by Gasteiger charge is -2.27. The lowest BCUT2D eigenvalue weighted by atomic mass is 9.79. The van der Waals surface area contributed by atoms with Gasteiger partial charge in [-0.3, -0.25) is 4.99 Å². The van der Waals surface area contributed by atoms with Crippen LogP contribution in [-0.4, -0.2) is 13.3 Å². The van der Waals surface area contributed by atoms with E-state index in [4.69, 9.17) is 0 Å². The van der Waals surface area contributed by atoms with Crippen molar-refractivity contribution < 1.29 is 0 Å². The van der Waals surface area contributed by atoms with E-state index < -0.39 is 0 Å². The molecule has 1 fully saturated rings. The minimum absolute atomic E-state index is 0.702. The highest BCUT2D eigenvalue weighted by atomic mass is 14.6. The first-order valence-corrected chi connectivity index (χ1v) is 5.41. The van der Waals surface area contributed by atoms with Crippen LogP contribution < -0.4 is 0 Å². The minimum Gasteiger partial charge on any atom is -0.296 e.